The molecule has 164 valence electrons. The summed E-state index contributed by atoms with van der Waals surface area (Å²) in [7, 11) is 1.79. The lowest BCUT2D eigenvalue weighted by molar-refractivity contribution is 0.119. The fourth-order valence-corrected chi connectivity index (χ4v) is 3.46. The summed E-state index contributed by atoms with van der Waals surface area (Å²) in [5.74, 6) is 1.73. The van der Waals surface area contributed by atoms with Gasteiger partial charge < -0.3 is 15.4 Å². The molecular weight excluding hydrogens is 501 g/mol. The van der Waals surface area contributed by atoms with Gasteiger partial charge in [-0.25, -0.2) is 0 Å². The van der Waals surface area contributed by atoms with E-state index in [1.165, 1.54) is 17.5 Å². The molecule has 1 aliphatic carbocycles. The topological polar surface area (TPSA) is 63.5 Å². The van der Waals surface area contributed by atoms with E-state index in [1.807, 2.05) is 29.1 Å². The van der Waals surface area contributed by atoms with E-state index in [0.29, 0.717) is 19.2 Å². The monoisotopic (exact) mass is 531 g/mol. The summed E-state index contributed by atoms with van der Waals surface area (Å²) >= 11 is 0. The molecule has 0 atom stereocenters. The van der Waals surface area contributed by atoms with Gasteiger partial charge in [0.1, 0.15) is 5.75 Å². The summed E-state index contributed by atoms with van der Waals surface area (Å²) in [6, 6.07) is 18.6. The molecule has 0 radical (unpaired) electrons. The Morgan fingerprint density at radius 3 is 2.32 bits per heavy atom. The third-order valence-electron chi connectivity index (χ3n) is 5.44. The van der Waals surface area contributed by atoms with Crippen LogP contribution in [0.4, 0.5) is 0 Å². The van der Waals surface area contributed by atoms with Gasteiger partial charge in [-0.15, -0.1) is 24.0 Å². The molecule has 1 aliphatic rings. The summed E-state index contributed by atoms with van der Waals surface area (Å²) in [5.41, 5.74) is 3.61. The number of nitrogens with zero attached hydrogens (tertiary/aromatic N) is 3. The van der Waals surface area contributed by atoms with Crippen LogP contribution in [0.25, 0.3) is 0 Å². The van der Waals surface area contributed by atoms with Crippen LogP contribution >= 0.6 is 24.0 Å². The maximum atomic E-state index is 6.13. The van der Waals surface area contributed by atoms with Crippen LogP contribution in [0.3, 0.4) is 0 Å². The number of hydrogen-bond acceptors (Lipinski definition) is 3. The molecule has 6 nitrogen and oxygen atoms in total. The minimum Gasteiger partial charge on any atom is -0.490 e. The molecular formula is C24H30IN5O. The first-order valence-corrected chi connectivity index (χ1v) is 10.5. The van der Waals surface area contributed by atoms with Gasteiger partial charge in [0.2, 0.25) is 0 Å². The lowest BCUT2D eigenvalue weighted by Gasteiger charge is -2.27. The van der Waals surface area contributed by atoms with Crippen LogP contribution < -0.4 is 15.4 Å². The van der Waals surface area contributed by atoms with Gasteiger partial charge in [-0.05, 0) is 42.5 Å². The molecule has 1 aromatic heterocycles. The Bertz CT molecular complexity index is 970. The van der Waals surface area contributed by atoms with Crippen molar-refractivity contribution in [1.29, 1.82) is 0 Å². The molecule has 3 aromatic rings. The van der Waals surface area contributed by atoms with Gasteiger partial charge >= 0.3 is 0 Å². The predicted octanol–water partition coefficient (Wildman–Crippen LogP) is 4.35. The quantitative estimate of drug-likeness (QED) is 0.258. The van der Waals surface area contributed by atoms with E-state index in [2.05, 4.69) is 57.1 Å². The number of halogens is 1. The molecule has 1 fully saturated rings. The number of rotatable bonds is 8. The standard InChI is InChI=1S/C24H29N5O.HI/c1-25-24(27-17-20-9-4-5-13-23(20)30-22-11-6-12-22)26-16-19-8-2-3-10-21(19)18-29-15-7-14-28-29;/h2-5,7-10,13-15,22H,6,11-12,16-18H2,1H3,(H2,25,26,27);1H. The molecule has 0 saturated heterocycles. The Balaban J connectivity index is 0.00000272. The van der Waals surface area contributed by atoms with Crippen LogP contribution in [-0.4, -0.2) is 28.9 Å². The second kappa shape index (κ2) is 11.7. The maximum absolute atomic E-state index is 6.13. The minimum absolute atomic E-state index is 0. The fraction of sp³-hybridized carbons (Fsp3) is 0.333. The van der Waals surface area contributed by atoms with Crippen LogP contribution in [0, 0.1) is 0 Å². The first-order chi connectivity index (χ1) is 14.8. The highest BCUT2D eigenvalue weighted by Gasteiger charge is 2.20. The van der Waals surface area contributed by atoms with Crippen molar-refractivity contribution >= 4 is 29.9 Å². The Morgan fingerprint density at radius 1 is 1.00 bits per heavy atom. The van der Waals surface area contributed by atoms with Crippen molar-refractivity contribution in [3.63, 3.8) is 0 Å². The van der Waals surface area contributed by atoms with Crippen molar-refractivity contribution in [3.05, 3.63) is 83.7 Å². The molecule has 2 aromatic carbocycles. The van der Waals surface area contributed by atoms with E-state index in [-0.39, 0.29) is 24.0 Å². The van der Waals surface area contributed by atoms with Crippen molar-refractivity contribution in [3.8, 4) is 5.75 Å². The molecule has 0 unspecified atom stereocenters. The number of para-hydroxylation sites is 1. The number of aromatic nitrogens is 2. The van der Waals surface area contributed by atoms with E-state index < -0.39 is 0 Å². The SMILES string of the molecule is CN=C(NCc1ccccc1Cn1cccn1)NCc1ccccc1OC1CCC1.I. The molecule has 0 amide bonds. The van der Waals surface area contributed by atoms with Gasteiger partial charge in [0.25, 0.3) is 0 Å². The molecule has 7 heteroatoms. The molecule has 1 heterocycles. The van der Waals surface area contributed by atoms with E-state index in [0.717, 1.165) is 36.7 Å². The number of ether oxygens (including phenoxy) is 1. The molecule has 0 aliphatic heterocycles. The van der Waals surface area contributed by atoms with Gasteiger partial charge in [0, 0.05) is 38.1 Å². The second-order valence-corrected chi connectivity index (χ2v) is 7.53. The summed E-state index contributed by atoms with van der Waals surface area (Å²) < 4.78 is 8.07. The summed E-state index contributed by atoms with van der Waals surface area (Å²) in [5, 5.41) is 11.2. The highest BCUT2D eigenvalue weighted by Crippen LogP contribution is 2.27. The van der Waals surface area contributed by atoms with E-state index >= 15 is 0 Å². The summed E-state index contributed by atoms with van der Waals surface area (Å²) in [6.07, 6.45) is 7.73. The van der Waals surface area contributed by atoms with Crippen LogP contribution in [0.15, 0.2) is 72.0 Å². The predicted molar refractivity (Wildman–Crippen MR) is 135 cm³/mol. The minimum atomic E-state index is 0. The summed E-state index contributed by atoms with van der Waals surface area (Å²) in [6.45, 7) is 2.11. The number of hydrogen-bond donors (Lipinski definition) is 2. The maximum Gasteiger partial charge on any atom is 0.191 e. The molecule has 31 heavy (non-hydrogen) atoms. The zero-order chi connectivity index (χ0) is 20.6. The Hall–Kier alpha value is -2.55. The zero-order valence-corrected chi connectivity index (χ0v) is 20.2. The van der Waals surface area contributed by atoms with Crippen LogP contribution in [0.1, 0.15) is 36.0 Å². The highest BCUT2D eigenvalue weighted by atomic mass is 127. The largest absolute Gasteiger partial charge is 0.490 e. The highest BCUT2D eigenvalue weighted by molar-refractivity contribution is 14.0. The van der Waals surface area contributed by atoms with E-state index in [9.17, 15) is 0 Å². The van der Waals surface area contributed by atoms with E-state index in [1.54, 1.807) is 13.2 Å². The lowest BCUT2D eigenvalue weighted by Crippen LogP contribution is -2.36. The van der Waals surface area contributed by atoms with Gasteiger partial charge in [-0.1, -0.05) is 42.5 Å². The van der Waals surface area contributed by atoms with Gasteiger partial charge in [-0.2, -0.15) is 5.10 Å². The van der Waals surface area contributed by atoms with Crippen molar-refractivity contribution in [2.24, 2.45) is 4.99 Å². The number of benzene rings is 2. The molecule has 4 rings (SSSR count). The molecule has 0 spiro atoms. The van der Waals surface area contributed by atoms with E-state index in [4.69, 9.17) is 4.74 Å². The van der Waals surface area contributed by atoms with Crippen molar-refractivity contribution in [1.82, 2.24) is 20.4 Å². The first-order valence-electron chi connectivity index (χ1n) is 10.5. The number of aliphatic imine (C=N–C) groups is 1. The Labute approximate surface area is 201 Å². The molecule has 2 N–H and O–H groups in total. The normalized spacial score (nSPS) is 13.8. The van der Waals surface area contributed by atoms with Gasteiger partial charge in [-0.3, -0.25) is 9.67 Å². The van der Waals surface area contributed by atoms with Crippen molar-refractivity contribution < 1.29 is 4.74 Å². The second-order valence-electron chi connectivity index (χ2n) is 7.53. The first kappa shape index (κ1) is 23.1. The summed E-state index contributed by atoms with van der Waals surface area (Å²) in [4.78, 5) is 4.38. The molecule has 1 saturated carbocycles. The van der Waals surface area contributed by atoms with Crippen LogP contribution in [0.2, 0.25) is 0 Å². The van der Waals surface area contributed by atoms with Crippen molar-refractivity contribution in [2.45, 2.75) is 45.0 Å². The average Bonchev–Trinajstić information content (AvgIpc) is 3.26. The third-order valence-corrected chi connectivity index (χ3v) is 5.44. The molecule has 0 bridgehead atoms. The number of nitrogens with one attached hydrogen (secondary N) is 2. The lowest BCUT2D eigenvalue weighted by atomic mass is 9.96. The van der Waals surface area contributed by atoms with Crippen LogP contribution in [-0.2, 0) is 19.6 Å². The van der Waals surface area contributed by atoms with Gasteiger partial charge in [0.15, 0.2) is 5.96 Å². The smallest absolute Gasteiger partial charge is 0.191 e. The van der Waals surface area contributed by atoms with Crippen molar-refractivity contribution in [2.75, 3.05) is 7.05 Å². The fourth-order valence-electron chi connectivity index (χ4n) is 3.46. The zero-order valence-electron chi connectivity index (χ0n) is 17.8. The number of guanidine groups is 1. The third kappa shape index (κ3) is 6.46. The average molecular weight is 531 g/mol. The van der Waals surface area contributed by atoms with Gasteiger partial charge in [0.05, 0.1) is 12.6 Å². The Kier molecular flexibility index (Phi) is 8.75. The Morgan fingerprint density at radius 2 is 1.68 bits per heavy atom. The van der Waals surface area contributed by atoms with Crippen LogP contribution in [0.5, 0.6) is 5.75 Å².